The molecule has 5 heteroatoms. The van der Waals surface area contributed by atoms with Crippen molar-refractivity contribution in [2.45, 2.75) is 6.54 Å². The van der Waals surface area contributed by atoms with Crippen LogP contribution in [-0.2, 0) is 11.3 Å². The summed E-state index contributed by atoms with van der Waals surface area (Å²) in [5, 5.41) is 0. The molecule has 0 aliphatic carbocycles. The van der Waals surface area contributed by atoms with Gasteiger partial charge in [0.1, 0.15) is 5.82 Å². The van der Waals surface area contributed by atoms with Gasteiger partial charge in [0, 0.05) is 29.7 Å². The first-order valence-corrected chi connectivity index (χ1v) is 8.31. The third kappa shape index (κ3) is 4.05. The number of carbonyl (C=O) groups excluding carboxylic acids is 1. The summed E-state index contributed by atoms with van der Waals surface area (Å²) in [6, 6.07) is 11.9. The molecule has 1 saturated heterocycles. The molecule has 0 aromatic heterocycles. The lowest BCUT2D eigenvalue weighted by atomic mass is 10.0. The van der Waals surface area contributed by atoms with Crippen LogP contribution in [-0.4, -0.2) is 37.0 Å². The Kier molecular flexibility index (Phi) is 5.20. The molecule has 1 heterocycles. The van der Waals surface area contributed by atoms with Gasteiger partial charge in [-0.3, -0.25) is 9.69 Å². The lowest BCUT2D eigenvalue weighted by Crippen LogP contribution is -2.35. The highest BCUT2D eigenvalue weighted by Gasteiger charge is 2.16. The van der Waals surface area contributed by atoms with Gasteiger partial charge in [0.05, 0.1) is 18.8 Å². The van der Waals surface area contributed by atoms with Crippen molar-refractivity contribution in [2.24, 2.45) is 0 Å². The van der Waals surface area contributed by atoms with Crippen LogP contribution in [0.4, 0.5) is 4.39 Å². The number of hydrogen-bond acceptors (Lipinski definition) is 3. The second-order valence-electron chi connectivity index (χ2n) is 5.54. The van der Waals surface area contributed by atoms with E-state index in [1.165, 1.54) is 12.1 Å². The average Bonchev–Trinajstić information content (AvgIpc) is 2.55. The van der Waals surface area contributed by atoms with Crippen LogP contribution in [0.5, 0.6) is 0 Å². The van der Waals surface area contributed by atoms with Crippen LogP contribution in [0.1, 0.15) is 21.5 Å². The summed E-state index contributed by atoms with van der Waals surface area (Å²) in [6.45, 7) is 4.03. The van der Waals surface area contributed by atoms with Crippen molar-refractivity contribution in [3.8, 4) is 0 Å². The maximum absolute atomic E-state index is 14.0. The van der Waals surface area contributed by atoms with E-state index in [9.17, 15) is 9.18 Å². The molecule has 23 heavy (non-hydrogen) atoms. The summed E-state index contributed by atoms with van der Waals surface area (Å²) in [5.74, 6) is -0.804. The van der Waals surface area contributed by atoms with Crippen LogP contribution in [0.15, 0.2) is 46.9 Å². The number of ketones is 1. The van der Waals surface area contributed by atoms with Crippen molar-refractivity contribution < 1.29 is 13.9 Å². The lowest BCUT2D eigenvalue weighted by molar-refractivity contribution is 0.0342. The van der Waals surface area contributed by atoms with Crippen molar-refractivity contribution in [1.29, 1.82) is 0 Å². The minimum absolute atomic E-state index is 0.0942. The molecule has 0 spiro atoms. The summed E-state index contributed by atoms with van der Waals surface area (Å²) in [7, 11) is 0. The fourth-order valence-corrected chi connectivity index (χ4v) is 2.99. The minimum Gasteiger partial charge on any atom is -0.379 e. The Bertz CT molecular complexity index is 714. The van der Waals surface area contributed by atoms with E-state index >= 15 is 0 Å². The molecule has 0 atom stereocenters. The highest BCUT2D eigenvalue weighted by molar-refractivity contribution is 9.10. The second-order valence-corrected chi connectivity index (χ2v) is 6.46. The lowest BCUT2D eigenvalue weighted by Gasteiger charge is -2.26. The Morgan fingerprint density at radius 2 is 1.96 bits per heavy atom. The monoisotopic (exact) mass is 377 g/mol. The number of hydrogen-bond donors (Lipinski definition) is 0. The van der Waals surface area contributed by atoms with E-state index in [1.807, 2.05) is 18.2 Å². The van der Waals surface area contributed by atoms with Crippen LogP contribution in [0.25, 0.3) is 0 Å². The van der Waals surface area contributed by atoms with Gasteiger partial charge in [-0.25, -0.2) is 4.39 Å². The van der Waals surface area contributed by atoms with Gasteiger partial charge in [0.25, 0.3) is 0 Å². The van der Waals surface area contributed by atoms with Crippen LogP contribution in [0.3, 0.4) is 0 Å². The molecule has 0 saturated carbocycles. The van der Waals surface area contributed by atoms with Gasteiger partial charge in [-0.1, -0.05) is 34.1 Å². The first kappa shape index (κ1) is 16.3. The Labute approximate surface area is 143 Å². The fraction of sp³-hybridized carbons (Fsp3) is 0.278. The number of rotatable bonds is 4. The maximum Gasteiger partial charge on any atom is 0.195 e. The molecule has 0 bridgehead atoms. The fourth-order valence-electron chi connectivity index (χ4n) is 2.66. The predicted octanol–water partition coefficient (Wildman–Crippen LogP) is 3.65. The molecular weight excluding hydrogens is 361 g/mol. The Hall–Kier alpha value is -1.56. The third-order valence-corrected chi connectivity index (χ3v) is 4.37. The van der Waals surface area contributed by atoms with Crippen molar-refractivity contribution >= 4 is 21.7 Å². The zero-order chi connectivity index (χ0) is 16.2. The van der Waals surface area contributed by atoms with Crippen LogP contribution in [0, 0.1) is 5.82 Å². The van der Waals surface area contributed by atoms with E-state index in [1.54, 1.807) is 12.1 Å². The van der Waals surface area contributed by atoms with Gasteiger partial charge in [0.15, 0.2) is 5.78 Å². The van der Waals surface area contributed by atoms with Gasteiger partial charge in [0.2, 0.25) is 0 Å². The first-order valence-electron chi connectivity index (χ1n) is 7.52. The highest BCUT2D eigenvalue weighted by atomic mass is 79.9. The zero-order valence-electron chi connectivity index (χ0n) is 12.6. The second kappa shape index (κ2) is 7.34. The van der Waals surface area contributed by atoms with Crippen molar-refractivity contribution in [2.75, 3.05) is 26.3 Å². The molecule has 1 aliphatic heterocycles. The first-order chi connectivity index (χ1) is 11.1. The SMILES string of the molecule is O=C(c1cccc(CN2CCOCC2)c1)c1ccc(Br)cc1F. The van der Waals surface area contributed by atoms with Gasteiger partial charge in [-0.05, 0) is 29.8 Å². The number of ether oxygens (including phenoxy) is 1. The quantitative estimate of drug-likeness (QED) is 0.761. The molecule has 120 valence electrons. The van der Waals surface area contributed by atoms with E-state index in [0.29, 0.717) is 10.0 Å². The maximum atomic E-state index is 14.0. The van der Waals surface area contributed by atoms with Gasteiger partial charge in [-0.2, -0.15) is 0 Å². The van der Waals surface area contributed by atoms with Crippen molar-refractivity contribution in [1.82, 2.24) is 4.90 Å². The molecule has 0 N–H and O–H groups in total. The third-order valence-electron chi connectivity index (χ3n) is 3.87. The van der Waals surface area contributed by atoms with Crippen LogP contribution in [0.2, 0.25) is 0 Å². The number of halogens is 2. The molecule has 3 nitrogen and oxygen atoms in total. The summed E-state index contributed by atoms with van der Waals surface area (Å²) in [6.07, 6.45) is 0. The van der Waals surface area contributed by atoms with E-state index in [0.717, 1.165) is 38.4 Å². The number of benzene rings is 2. The summed E-state index contributed by atoms with van der Waals surface area (Å²) >= 11 is 3.20. The standard InChI is InChI=1S/C18H17BrFNO2/c19-15-4-5-16(17(20)11-15)18(22)14-3-1-2-13(10-14)12-21-6-8-23-9-7-21/h1-5,10-11H,6-9,12H2. The molecule has 1 aliphatic rings. The summed E-state index contributed by atoms with van der Waals surface area (Å²) < 4.78 is 19.9. The van der Waals surface area contributed by atoms with Gasteiger partial charge in [-0.15, -0.1) is 0 Å². The van der Waals surface area contributed by atoms with Crippen molar-refractivity contribution in [3.05, 3.63) is 69.4 Å². The molecular formula is C18H17BrFNO2. The topological polar surface area (TPSA) is 29.5 Å². The molecule has 2 aromatic rings. The Balaban J connectivity index is 1.79. The largest absolute Gasteiger partial charge is 0.379 e. The number of morpholine rings is 1. The van der Waals surface area contributed by atoms with E-state index in [-0.39, 0.29) is 11.3 Å². The number of carbonyl (C=O) groups is 1. The van der Waals surface area contributed by atoms with Gasteiger partial charge < -0.3 is 4.74 Å². The molecule has 0 radical (unpaired) electrons. The van der Waals surface area contributed by atoms with Crippen molar-refractivity contribution in [3.63, 3.8) is 0 Å². The van der Waals surface area contributed by atoms with E-state index in [4.69, 9.17) is 4.74 Å². The zero-order valence-corrected chi connectivity index (χ0v) is 14.2. The Morgan fingerprint density at radius 1 is 1.17 bits per heavy atom. The predicted molar refractivity (Wildman–Crippen MR) is 90.1 cm³/mol. The summed E-state index contributed by atoms with van der Waals surface area (Å²) in [4.78, 5) is 14.8. The Morgan fingerprint density at radius 3 is 2.70 bits per heavy atom. The molecule has 0 unspecified atom stereocenters. The molecule has 2 aromatic carbocycles. The molecule has 1 fully saturated rings. The van der Waals surface area contributed by atoms with E-state index in [2.05, 4.69) is 20.8 Å². The normalized spacial score (nSPS) is 15.6. The smallest absolute Gasteiger partial charge is 0.195 e. The summed E-state index contributed by atoms with van der Waals surface area (Å²) in [5.41, 5.74) is 1.66. The highest BCUT2D eigenvalue weighted by Crippen LogP contribution is 2.19. The molecule has 3 rings (SSSR count). The minimum atomic E-state index is -0.511. The average molecular weight is 378 g/mol. The van der Waals surface area contributed by atoms with Crippen LogP contribution >= 0.6 is 15.9 Å². The van der Waals surface area contributed by atoms with Gasteiger partial charge >= 0.3 is 0 Å². The van der Waals surface area contributed by atoms with E-state index < -0.39 is 5.82 Å². The molecule has 0 amide bonds. The van der Waals surface area contributed by atoms with Crippen LogP contribution < -0.4 is 0 Å². The number of nitrogens with zero attached hydrogens (tertiary/aromatic N) is 1.